The first kappa shape index (κ1) is 22.1. The first-order valence-corrected chi connectivity index (χ1v) is 9.07. The van der Waals surface area contributed by atoms with Crippen molar-refractivity contribution in [2.75, 3.05) is 33.3 Å². The lowest BCUT2D eigenvalue weighted by atomic mass is 9.87. The van der Waals surface area contributed by atoms with E-state index in [1.165, 1.54) is 21.3 Å². The average molecular weight is 401 g/mol. The van der Waals surface area contributed by atoms with Crippen LogP contribution in [0.15, 0.2) is 36.4 Å². The maximum atomic E-state index is 12.2. The van der Waals surface area contributed by atoms with Gasteiger partial charge in [-0.25, -0.2) is 4.79 Å². The Morgan fingerprint density at radius 3 is 1.90 bits per heavy atom. The number of hydrogen-bond donors (Lipinski definition) is 1. The normalized spacial score (nSPS) is 10.8. The summed E-state index contributed by atoms with van der Waals surface area (Å²) < 4.78 is 20.8. The monoisotopic (exact) mass is 401 g/mol. The minimum atomic E-state index is -0.564. The van der Waals surface area contributed by atoms with E-state index in [9.17, 15) is 9.59 Å². The molecule has 0 radical (unpaired) electrons. The van der Waals surface area contributed by atoms with Crippen molar-refractivity contribution in [3.8, 4) is 17.2 Å². The molecule has 0 saturated heterocycles. The first-order valence-electron chi connectivity index (χ1n) is 9.07. The van der Waals surface area contributed by atoms with E-state index in [1.807, 2.05) is 12.1 Å². The predicted octanol–water partition coefficient (Wildman–Crippen LogP) is 3.81. The van der Waals surface area contributed by atoms with Crippen LogP contribution in [0.3, 0.4) is 0 Å². The van der Waals surface area contributed by atoms with Crippen LogP contribution in [-0.2, 0) is 14.9 Å². The molecule has 0 aliphatic rings. The smallest absolute Gasteiger partial charge is 0.338 e. The summed E-state index contributed by atoms with van der Waals surface area (Å²) in [7, 11) is 4.46. The lowest BCUT2D eigenvalue weighted by Gasteiger charge is -2.18. The first-order chi connectivity index (χ1) is 13.7. The molecule has 0 unspecified atom stereocenters. The number of hydrogen-bond acceptors (Lipinski definition) is 6. The fraction of sp³-hybridized carbons (Fsp3) is 0.364. The Hall–Kier alpha value is -3.22. The minimum Gasteiger partial charge on any atom is -0.493 e. The third-order valence-corrected chi connectivity index (χ3v) is 4.27. The quantitative estimate of drug-likeness (QED) is 0.711. The van der Waals surface area contributed by atoms with E-state index in [0.717, 1.165) is 5.56 Å². The Morgan fingerprint density at radius 1 is 0.897 bits per heavy atom. The van der Waals surface area contributed by atoms with Gasteiger partial charge < -0.3 is 24.3 Å². The Bertz CT molecular complexity index is 843. The summed E-state index contributed by atoms with van der Waals surface area (Å²) in [6.45, 7) is 5.85. The van der Waals surface area contributed by atoms with Gasteiger partial charge in [0.15, 0.2) is 18.1 Å². The lowest BCUT2D eigenvalue weighted by Crippen LogP contribution is -2.21. The molecule has 2 aromatic carbocycles. The van der Waals surface area contributed by atoms with Crippen molar-refractivity contribution in [2.24, 2.45) is 0 Å². The van der Waals surface area contributed by atoms with Crippen molar-refractivity contribution in [3.05, 3.63) is 47.5 Å². The second-order valence-electron chi connectivity index (χ2n) is 7.37. The van der Waals surface area contributed by atoms with Gasteiger partial charge in [0.2, 0.25) is 5.75 Å². The molecule has 1 N–H and O–H groups in total. The molecular formula is C22H27NO6. The van der Waals surface area contributed by atoms with E-state index in [2.05, 4.69) is 26.1 Å². The number of rotatable bonds is 7. The number of amides is 1. The van der Waals surface area contributed by atoms with Gasteiger partial charge in [0, 0.05) is 17.8 Å². The van der Waals surface area contributed by atoms with Crippen molar-refractivity contribution in [3.63, 3.8) is 0 Å². The summed E-state index contributed by atoms with van der Waals surface area (Å²) in [6, 6.07) is 10.3. The SMILES string of the molecule is COc1cc(NC(=O)COC(=O)c2ccc(C(C)(C)C)cc2)cc(OC)c1OC. The van der Waals surface area contributed by atoms with Crippen molar-refractivity contribution in [2.45, 2.75) is 26.2 Å². The fourth-order valence-electron chi connectivity index (χ4n) is 2.67. The molecule has 0 spiro atoms. The van der Waals surface area contributed by atoms with Crippen LogP contribution < -0.4 is 19.5 Å². The van der Waals surface area contributed by atoms with Gasteiger partial charge in [0.1, 0.15) is 0 Å². The molecule has 0 aliphatic heterocycles. The zero-order valence-electron chi connectivity index (χ0n) is 17.6. The van der Waals surface area contributed by atoms with E-state index in [-0.39, 0.29) is 5.41 Å². The molecule has 2 aromatic rings. The number of ether oxygens (including phenoxy) is 4. The van der Waals surface area contributed by atoms with E-state index < -0.39 is 18.5 Å². The highest BCUT2D eigenvalue weighted by Crippen LogP contribution is 2.39. The number of benzene rings is 2. The van der Waals surface area contributed by atoms with Gasteiger partial charge in [0.25, 0.3) is 5.91 Å². The van der Waals surface area contributed by atoms with Crippen LogP contribution >= 0.6 is 0 Å². The molecule has 2 rings (SSSR count). The molecule has 7 nitrogen and oxygen atoms in total. The van der Waals surface area contributed by atoms with Gasteiger partial charge in [-0.15, -0.1) is 0 Å². The summed E-state index contributed by atoms with van der Waals surface area (Å²) in [5.74, 6) is 0.165. The molecule has 0 fully saturated rings. The molecule has 0 heterocycles. The number of carbonyl (C=O) groups excluding carboxylic acids is 2. The zero-order valence-corrected chi connectivity index (χ0v) is 17.6. The van der Waals surface area contributed by atoms with Gasteiger partial charge in [-0.2, -0.15) is 0 Å². The molecule has 29 heavy (non-hydrogen) atoms. The Labute approximate surface area is 170 Å². The van der Waals surface area contributed by atoms with Gasteiger partial charge in [-0.1, -0.05) is 32.9 Å². The highest BCUT2D eigenvalue weighted by molar-refractivity contribution is 5.96. The third-order valence-electron chi connectivity index (χ3n) is 4.27. The number of carbonyl (C=O) groups is 2. The van der Waals surface area contributed by atoms with Crippen LogP contribution in [0, 0.1) is 0 Å². The van der Waals surface area contributed by atoms with E-state index >= 15 is 0 Å². The van der Waals surface area contributed by atoms with E-state index in [4.69, 9.17) is 18.9 Å². The van der Waals surface area contributed by atoms with Crippen molar-refractivity contribution in [1.29, 1.82) is 0 Å². The van der Waals surface area contributed by atoms with Gasteiger partial charge in [-0.3, -0.25) is 4.79 Å². The number of anilines is 1. The summed E-state index contributed by atoms with van der Waals surface area (Å²) in [5.41, 5.74) is 1.91. The van der Waals surface area contributed by atoms with Crippen molar-refractivity contribution >= 4 is 17.6 Å². The van der Waals surface area contributed by atoms with Crippen LogP contribution in [0.25, 0.3) is 0 Å². The van der Waals surface area contributed by atoms with E-state index in [1.54, 1.807) is 24.3 Å². The number of nitrogens with one attached hydrogen (secondary N) is 1. The van der Waals surface area contributed by atoms with Crippen LogP contribution in [0.4, 0.5) is 5.69 Å². The summed E-state index contributed by atoms with van der Waals surface area (Å²) in [6.07, 6.45) is 0. The second-order valence-corrected chi connectivity index (χ2v) is 7.37. The largest absolute Gasteiger partial charge is 0.493 e. The molecule has 1 amide bonds. The second kappa shape index (κ2) is 9.32. The average Bonchev–Trinajstić information content (AvgIpc) is 2.70. The third kappa shape index (κ3) is 5.63. The van der Waals surface area contributed by atoms with Crippen molar-refractivity contribution in [1.82, 2.24) is 0 Å². The van der Waals surface area contributed by atoms with E-state index in [0.29, 0.717) is 28.5 Å². The summed E-state index contributed by atoms with van der Waals surface area (Å²) in [5, 5.41) is 2.65. The molecular weight excluding hydrogens is 374 g/mol. The highest BCUT2D eigenvalue weighted by atomic mass is 16.5. The maximum absolute atomic E-state index is 12.2. The zero-order chi connectivity index (χ0) is 21.6. The standard InChI is InChI=1S/C22H27NO6/c1-22(2,3)15-9-7-14(8-10-15)21(25)29-13-19(24)23-16-11-17(26-4)20(28-6)18(12-16)27-5/h7-12H,13H2,1-6H3,(H,23,24). The Morgan fingerprint density at radius 2 is 1.45 bits per heavy atom. The van der Waals surface area contributed by atoms with Crippen molar-refractivity contribution < 1.29 is 28.5 Å². The van der Waals surface area contributed by atoms with Gasteiger partial charge in [-0.05, 0) is 23.1 Å². The van der Waals surface area contributed by atoms with Crippen LogP contribution in [0.2, 0.25) is 0 Å². The van der Waals surface area contributed by atoms with Crippen LogP contribution in [0.5, 0.6) is 17.2 Å². The molecule has 156 valence electrons. The molecule has 7 heteroatoms. The summed E-state index contributed by atoms with van der Waals surface area (Å²) >= 11 is 0. The van der Waals surface area contributed by atoms with Crippen LogP contribution in [0.1, 0.15) is 36.7 Å². The number of esters is 1. The predicted molar refractivity (Wildman–Crippen MR) is 110 cm³/mol. The fourth-order valence-corrected chi connectivity index (χ4v) is 2.67. The van der Waals surface area contributed by atoms with Gasteiger partial charge in [0.05, 0.1) is 26.9 Å². The van der Waals surface area contributed by atoms with Crippen LogP contribution in [-0.4, -0.2) is 39.8 Å². The molecule has 0 atom stereocenters. The lowest BCUT2D eigenvalue weighted by molar-refractivity contribution is -0.119. The maximum Gasteiger partial charge on any atom is 0.338 e. The molecule has 0 aliphatic carbocycles. The molecule has 0 bridgehead atoms. The minimum absolute atomic E-state index is 0.0111. The Balaban J connectivity index is 2.00. The molecule has 0 aromatic heterocycles. The molecule has 0 saturated carbocycles. The number of methoxy groups -OCH3 is 3. The topological polar surface area (TPSA) is 83.1 Å². The Kier molecular flexibility index (Phi) is 7.09. The van der Waals surface area contributed by atoms with Gasteiger partial charge >= 0.3 is 5.97 Å². The summed E-state index contributed by atoms with van der Waals surface area (Å²) in [4.78, 5) is 24.4. The highest BCUT2D eigenvalue weighted by Gasteiger charge is 2.17.